The summed E-state index contributed by atoms with van der Waals surface area (Å²) in [6.07, 6.45) is 2.72. The summed E-state index contributed by atoms with van der Waals surface area (Å²) >= 11 is 0. The van der Waals surface area contributed by atoms with Gasteiger partial charge in [-0.3, -0.25) is 4.79 Å². The summed E-state index contributed by atoms with van der Waals surface area (Å²) in [6.45, 7) is 5.57. The second-order valence-electron chi connectivity index (χ2n) is 6.01. The summed E-state index contributed by atoms with van der Waals surface area (Å²) in [4.78, 5) is 18.3. The van der Waals surface area contributed by atoms with Crippen molar-refractivity contribution >= 4 is 11.6 Å². The number of nitrogens with one attached hydrogen (secondary N) is 1. The molecule has 1 aliphatic rings. The lowest BCUT2D eigenvalue weighted by molar-refractivity contribution is -0.129. The van der Waals surface area contributed by atoms with Crippen LogP contribution in [0.2, 0.25) is 0 Å². The third-order valence-electron chi connectivity index (χ3n) is 4.06. The van der Waals surface area contributed by atoms with E-state index in [9.17, 15) is 4.79 Å². The fourth-order valence-electron chi connectivity index (χ4n) is 2.77. The predicted molar refractivity (Wildman–Crippen MR) is 87.0 cm³/mol. The Morgan fingerprint density at radius 1 is 1.30 bits per heavy atom. The fourth-order valence-corrected chi connectivity index (χ4v) is 2.77. The van der Waals surface area contributed by atoms with Crippen molar-refractivity contribution in [2.75, 3.05) is 18.4 Å². The van der Waals surface area contributed by atoms with Gasteiger partial charge in [-0.2, -0.15) is 4.98 Å². The van der Waals surface area contributed by atoms with E-state index < -0.39 is 0 Å². The van der Waals surface area contributed by atoms with Crippen molar-refractivity contribution in [3.63, 3.8) is 0 Å². The van der Waals surface area contributed by atoms with Crippen molar-refractivity contribution in [2.24, 2.45) is 0 Å². The lowest BCUT2D eigenvalue weighted by atomic mass is 10.1. The number of aryl methyl sites for hydroxylation is 1. The summed E-state index contributed by atoms with van der Waals surface area (Å²) in [7, 11) is 0. The number of amides is 1. The summed E-state index contributed by atoms with van der Waals surface area (Å²) in [5.41, 5.74) is 2.00. The number of rotatable bonds is 5. The van der Waals surface area contributed by atoms with E-state index in [1.807, 2.05) is 36.1 Å². The molecular formula is C17H22N4O2. The van der Waals surface area contributed by atoms with Gasteiger partial charge in [0, 0.05) is 18.8 Å². The molecule has 0 aliphatic carbocycles. The van der Waals surface area contributed by atoms with Crippen LogP contribution in [0.4, 0.5) is 5.69 Å². The maximum atomic E-state index is 12.1. The monoisotopic (exact) mass is 314 g/mol. The van der Waals surface area contributed by atoms with E-state index in [4.69, 9.17) is 4.52 Å². The first-order valence-electron chi connectivity index (χ1n) is 8.05. The quantitative estimate of drug-likeness (QED) is 0.919. The van der Waals surface area contributed by atoms with Gasteiger partial charge in [-0.1, -0.05) is 17.3 Å². The van der Waals surface area contributed by atoms with Crippen molar-refractivity contribution < 1.29 is 9.32 Å². The van der Waals surface area contributed by atoms with E-state index in [-0.39, 0.29) is 11.9 Å². The van der Waals surface area contributed by atoms with Crippen LogP contribution < -0.4 is 5.32 Å². The summed E-state index contributed by atoms with van der Waals surface area (Å²) in [5.74, 6) is 1.41. The van der Waals surface area contributed by atoms with Gasteiger partial charge in [0.2, 0.25) is 11.8 Å². The second kappa shape index (κ2) is 6.81. The predicted octanol–water partition coefficient (Wildman–Crippen LogP) is 2.72. The average molecular weight is 314 g/mol. The number of aromatic nitrogens is 2. The average Bonchev–Trinajstić information content (AvgIpc) is 3.20. The number of carbonyl (C=O) groups excluding carboxylic acids is 1. The van der Waals surface area contributed by atoms with Crippen LogP contribution in [0.3, 0.4) is 0 Å². The highest BCUT2D eigenvalue weighted by Gasteiger charge is 2.18. The number of nitrogens with zero attached hydrogens (tertiary/aromatic N) is 3. The molecule has 1 aliphatic heterocycles. The summed E-state index contributed by atoms with van der Waals surface area (Å²) in [5, 5.41) is 7.11. The highest BCUT2D eigenvalue weighted by atomic mass is 16.5. The summed E-state index contributed by atoms with van der Waals surface area (Å²) in [6, 6.07) is 7.87. The minimum atomic E-state index is -0.0618. The molecule has 1 saturated heterocycles. The van der Waals surface area contributed by atoms with Gasteiger partial charge in [-0.25, -0.2) is 0 Å². The van der Waals surface area contributed by atoms with Gasteiger partial charge >= 0.3 is 0 Å². The number of hydrogen-bond acceptors (Lipinski definition) is 5. The van der Waals surface area contributed by atoms with Crippen molar-refractivity contribution in [1.29, 1.82) is 0 Å². The van der Waals surface area contributed by atoms with Gasteiger partial charge < -0.3 is 14.7 Å². The molecule has 1 N–H and O–H groups in total. The molecule has 0 radical (unpaired) electrons. The molecule has 2 aromatic rings. The lowest BCUT2D eigenvalue weighted by Gasteiger charge is -2.15. The van der Waals surface area contributed by atoms with Crippen LogP contribution in [0.25, 0.3) is 0 Å². The molecule has 1 aromatic heterocycles. The number of hydrogen-bond donors (Lipinski definition) is 1. The first-order chi connectivity index (χ1) is 11.1. The molecular weight excluding hydrogens is 292 g/mol. The highest BCUT2D eigenvalue weighted by Crippen LogP contribution is 2.19. The number of likely N-dealkylation sites (tertiary alicyclic amines) is 1. The Morgan fingerprint density at radius 3 is 2.61 bits per heavy atom. The first kappa shape index (κ1) is 15.5. The third-order valence-corrected chi connectivity index (χ3v) is 4.06. The standard InChI is InChI=1S/C17H22N4O2/c1-12(17-19-13(2)20-23-17)18-15-7-5-14(6-8-15)11-16(22)21-9-3-4-10-21/h5-8,12,18H,3-4,9-11H2,1-2H3. The van der Waals surface area contributed by atoms with E-state index in [0.717, 1.165) is 37.2 Å². The Kier molecular flexibility index (Phi) is 4.60. The fraction of sp³-hybridized carbons (Fsp3) is 0.471. The minimum absolute atomic E-state index is 0.0618. The van der Waals surface area contributed by atoms with Crippen LogP contribution in [0, 0.1) is 6.92 Å². The van der Waals surface area contributed by atoms with Gasteiger partial charge in [-0.05, 0) is 44.4 Å². The Morgan fingerprint density at radius 2 is 2.00 bits per heavy atom. The van der Waals surface area contributed by atoms with Gasteiger partial charge in [0.15, 0.2) is 5.82 Å². The molecule has 0 spiro atoms. The van der Waals surface area contributed by atoms with Crippen molar-refractivity contribution in [2.45, 2.75) is 39.2 Å². The smallest absolute Gasteiger partial charge is 0.248 e. The summed E-state index contributed by atoms with van der Waals surface area (Å²) < 4.78 is 5.16. The van der Waals surface area contributed by atoms with E-state index >= 15 is 0 Å². The maximum absolute atomic E-state index is 12.1. The van der Waals surface area contributed by atoms with Gasteiger partial charge in [0.25, 0.3) is 0 Å². The zero-order valence-corrected chi connectivity index (χ0v) is 13.6. The van der Waals surface area contributed by atoms with Crippen LogP contribution >= 0.6 is 0 Å². The molecule has 1 fully saturated rings. The second-order valence-corrected chi connectivity index (χ2v) is 6.01. The molecule has 2 heterocycles. The Labute approximate surface area is 135 Å². The lowest BCUT2D eigenvalue weighted by Crippen LogP contribution is -2.29. The van der Waals surface area contributed by atoms with Crippen molar-refractivity contribution in [1.82, 2.24) is 15.0 Å². The molecule has 1 atom stereocenters. The van der Waals surface area contributed by atoms with E-state index in [2.05, 4.69) is 15.5 Å². The van der Waals surface area contributed by atoms with E-state index in [1.54, 1.807) is 6.92 Å². The van der Waals surface area contributed by atoms with Crippen LogP contribution in [0.1, 0.15) is 43.1 Å². The minimum Gasteiger partial charge on any atom is -0.374 e. The number of benzene rings is 1. The van der Waals surface area contributed by atoms with Gasteiger partial charge in [0.1, 0.15) is 6.04 Å². The topological polar surface area (TPSA) is 71.3 Å². The molecule has 1 unspecified atom stereocenters. The maximum Gasteiger partial charge on any atom is 0.248 e. The molecule has 3 rings (SSSR count). The zero-order chi connectivity index (χ0) is 16.2. The van der Waals surface area contributed by atoms with Crippen molar-refractivity contribution in [3.05, 3.63) is 41.5 Å². The molecule has 1 amide bonds. The largest absolute Gasteiger partial charge is 0.374 e. The van der Waals surface area contributed by atoms with Gasteiger partial charge in [-0.15, -0.1) is 0 Å². The molecule has 0 saturated carbocycles. The molecule has 1 aromatic carbocycles. The van der Waals surface area contributed by atoms with Crippen LogP contribution in [-0.2, 0) is 11.2 Å². The van der Waals surface area contributed by atoms with Crippen LogP contribution in [-0.4, -0.2) is 34.0 Å². The number of carbonyl (C=O) groups is 1. The first-order valence-corrected chi connectivity index (χ1v) is 8.05. The van der Waals surface area contributed by atoms with Crippen LogP contribution in [0.15, 0.2) is 28.8 Å². The third kappa shape index (κ3) is 3.88. The zero-order valence-electron chi connectivity index (χ0n) is 13.6. The SMILES string of the molecule is Cc1noc(C(C)Nc2ccc(CC(=O)N3CCCC3)cc2)n1. The molecule has 6 heteroatoms. The Hall–Kier alpha value is -2.37. The van der Waals surface area contributed by atoms with E-state index in [1.165, 1.54) is 0 Å². The highest BCUT2D eigenvalue weighted by molar-refractivity contribution is 5.79. The number of anilines is 1. The molecule has 6 nitrogen and oxygen atoms in total. The van der Waals surface area contributed by atoms with Gasteiger partial charge in [0.05, 0.1) is 6.42 Å². The Balaban J connectivity index is 1.57. The van der Waals surface area contributed by atoms with Crippen molar-refractivity contribution in [3.8, 4) is 0 Å². The van der Waals surface area contributed by atoms with Crippen LogP contribution in [0.5, 0.6) is 0 Å². The molecule has 122 valence electrons. The normalized spacial score (nSPS) is 15.7. The molecule has 0 bridgehead atoms. The Bertz CT molecular complexity index is 659. The molecule has 23 heavy (non-hydrogen) atoms. The van der Waals surface area contributed by atoms with E-state index in [0.29, 0.717) is 18.1 Å².